The van der Waals surface area contributed by atoms with Gasteiger partial charge in [-0.3, -0.25) is 9.69 Å². The number of nitrogens with one attached hydrogen (secondary N) is 2. The number of thiazole rings is 1. The molecule has 2 N–H and O–H groups in total. The third kappa shape index (κ3) is 3.72. The number of anilines is 1. The number of carbonyl (C=O) groups excluding carboxylic acids is 1. The third-order valence-corrected chi connectivity index (χ3v) is 5.47. The van der Waals surface area contributed by atoms with Gasteiger partial charge in [-0.25, -0.2) is 9.97 Å². The first kappa shape index (κ1) is 16.2. The minimum absolute atomic E-state index is 0.0774. The van der Waals surface area contributed by atoms with Gasteiger partial charge in [-0.2, -0.15) is 0 Å². The quantitative estimate of drug-likeness (QED) is 0.753. The van der Waals surface area contributed by atoms with E-state index in [0.717, 1.165) is 25.3 Å². The van der Waals surface area contributed by atoms with Crippen LogP contribution in [-0.4, -0.2) is 38.8 Å². The first-order valence-corrected chi connectivity index (χ1v) is 9.37. The molecule has 0 radical (unpaired) electrons. The Morgan fingerprint density at radius 1 is 1.48 bits per heavy atom. The Labute approximate surface area is 150 Å². The van der Waals surface area contributed by atoms with Gasteiger partial charge in [-0.1, -0.05) is 0 Å². The van der Waals surface area contributed by atoms with Crippen molar-refractivity contribution in [1.82, 2.24) is 19.9 Å². The van der Waals surface area contributed by atoms with Crippen LogP contribution in [0.4, 0.5) is 5.13 Å². The van der Waals surface area contributed by atoms with E-state index in [-0.39, 0.29) is 5.91 Å². The van der Waals surface area contributed by atoms with Crippen molar-refractivity contribution in [3.8, 4) is 0 Å². The first-order valence-electron chi connectivity index (χ1n) is 8.55. The Bertz CT molecular complexity index is 853. The molecular weight excluding hydrogens is 334 g/mol. The summed E-state index contributed by atoms with van der Waals surface area (Å²) < 4.78 is 0. The molecule has 0 aliphatic carbocycles. The van der Waals surface area contributed by atoms with E-state index in [1.165, 1.54) is 35.7 Å². The summed E-state index contributed by atoms with van der Waals surface area (Å²) in [6, 6.07) is 6.31. The summed E-state index contributed by atoms with van der Waals surface area (Å²) in [7, 11) is 0. The summed E-state index contributed by atoms with van der Waals surface area (Å²) in [6.07, 6.45) is 6.08. The van der Waals surface area contributed by atoms with Crippen molar-refractivity contribution in [1.29, 1.82) is 0 Å². The van der Waals surface area contributed by atoms with Crippen LogP contribution in [-0.2, 0) is 11.3 Å². The summed E-state index contributed by atoms with van der Waals surface area (Å²) in [5.41, 5.74) is 2.25. The fraction of sp³-hybridized carbons (Fsp3) is 0.389. The Balaban J connectivity index is 1.43. The maximum Gasteiger partial charge on any atom is 0.223 e. The number of fused-ring (bicyclic) bond motifs is 1. The SMILES string of the molecule is CC(=O)Nc1ncc(CN2CCCC(c3cc4cccnc4[nH]3)C2)s1. The number of aromatic nitrogens is 3. The lowest BCUT2D eigenvalue weighted by Crippen LogP contribution is -2.33. The highest BCUT2D eigenvalue weighted by Crippen LogP contribution is 2.30. The molecule has 3 aromatic rings. The van der Waals surface area contributed by atoms with Crippen LogP contribution < -0.4 is 5.32 Å². The van der Waals surface area contributed by atoms with Crippen LogP contribution in [0.3, 0.4) is 0 Å². The lowest BCUT2D eigenvalue weighted by Gasteiger charge is -2.31. The highest BCUT2D eigenvalue weighted by molar-refractivity contribution is 7.15. The maximum atomic E-state index is 11.1. The summed E-state index contributed by atoms with van der Waals surface area (Å²) in [5.74, 6) is 0.428. The van der Waals surface area contributed by atoms with Crippen molar-refractivity contribution in [3.05, 3.63) is 41.2 Å². The van der Waals surface area contributed by atoms with E-state index in [9.17, 15) is 4.79 Å². The highest BCUT2D eigenvalue weighted by Gasteiger charge is 2.23. The summed E-state index contributed by atoms with van der Waals surface area (Å²) in [6.45, 7) is 4.51. The van der Waals surface area contributed by atoms with Crippen LogP contribution >= 0.6 is 11.3 Å². The fourth-order valence-electron chi connectivity index (χ4n) is 3.46. The fourth-order valence-corrected chi connectivity index (χ4v) is 4.36. The van der Waals surface area contributed by atoms with Crippen LogP contribution in [0.1, 0.15) is 36.3 Å². The number of H-pyrrole nitrogens is 1. The Morgan fingerprint density at radius 2 is 2.40 bits per heavy atom. The molecular formula is C18H21N5OS. The molecule has 4 heterocycles. The van der Waals surface area contributed by atoms with E-state index < -0.39 is 0 Å². The number of likely N-dealkylation sites (tertiary alicyclic amines) is 1. The van der Waals surface area contributed by atoms with Gasteiger partial charge in [0, 0.05) is 54.3 Å². The summed E-state index contributed by atoms with van der Waals surface area (Å²) >= 11 is 1.55. The molecule has 0 saturated carbocycles. The Hall–Kier alpha value is -2.25. The van der Waals surface area contributed by atoms with Crippen molar-refractivity contribution < 1.29 is 4.79 Å². The van der Waals surface area contributed by atoms with Gasteiger partial charge in [0.1, 0.15) is 5.65 Å². The zero-order chi connectivity index (χ0) is 17.2. The standard InChI is InChI=1S/C18H21N5OS/c1-12(24)21-18-20-9-15(25-18)11-23-7-3-5-14(10-23)16-8-13-4-2-6-19-17(13)22-16/h2,4,6,8-9,14H,3,5,7,10-11H2,1H3,(H,19,22)(H,20,21,24). The number of rotatable bonds is 4. The number of amides is 1. The Morgan fingerprint density at radius 3 is 3.24 bits per heavy atom. The van der Waals surface area contributed by atoms with Crippen LogP contribution in [0.15, 0.2) is 30.6 Å². The zero-order valence-corrected chi connectivity index (χ0v) is 15.0. The first-order chi connectivity index (χ1) is 12.2. The molecule has 3 aromatic heterocycles. The molecule has 1 aliphatic rings. The van der Waals surface area contributed by atoms with Crippen molar-refractivity contribution in [3.63, 3.8) is 0 Å². The molecule has 4 rings (SSSR count). The van der Waals surface area contributed by atoms with Crippen molar-refractivity contribution >= 4 is 33.4 Å². The predicted octanol–water partition coefficient (Wildman–Crippen LogP) is 3.36. The van der Waals surface area contributed by atoms with Gasteiger partial charge in [0.2, 0.25) is 5.91 Å². The second-order valence-corrected chi connectivity index (χ2v) is 7.67. The highest BCUT2D eigenvalue weighted by atomic mass is 32.1. The van der Waals surface area contributed by atoms with Gasteiger partial charge in [0.25, 0.3) is 0 Å². The minimum Gasteiger partial charge on any atom is -0.343 e. The van der Waals surface area contributed by atoms with Crippen molar-refractivity contribution in [2.75, 3.05) is 18.4 Å². The van der Waals surface area contributed by atoms with E-state index in [1.807, 2.05) is 18.5 Å². The topological polar surface area (TPSA) is 73.9 Å². The van der Waals surface area contributed by atoms with Gasteiger partial charge >= 0.3 is 0 Å². The molecule has 25 heavy (non-hydrogen) atoms. The molecule has 7 heteroatoms. The average Bonchev–Trinajstić information content (AvgIpc) is 3.21. The number of nitrogens with zero attached hydrogens (tertiary/aromatic N) is 3. The number of pyridine rings is 1. The monoisotopic (exact) mass is 355 g/mol. The van der Waals surface area contributed by atoms with Crippen LogP contribution in [0, 0.1) is 0 Å². The number of piperidine rings is 1. The van der Waals surface area contributed by atoms with Gasteiger partial charge < -0.3 is 10.3 Å². The van der Waals surface area contributed by atoms with Crippen LogP contribution in [0.25, 0.3) is 11.0 Å². The van der Waals surface area contributed by atoms with E-state index in [0.29, 0.717) is 11.0 Å². The van der Waals surface area contributed by atoms with E-state index in [4.69, 9.17) is 0 Å². The van der Waals surface area contributed by atoms with E-state index in [2.05, 4.69) is 37.3 Å². The van der Waals surface area contributed by atoms with E-state index in [1.54, 1.807) is 11.3 Å². The molecule has 0 bridgehead atoms. The molecule has 1 saturated heterocycles. The number of hydrogen-bond donors (Lipinski definition) is 2. The molecule has 130 valence electrons. The van der Waals surface area contributed by atoms with Gasteiger partial charge in [-0.15, -0.1) is 11.3 Å². The lowest BCUT2D eigenvalue weighted by atomic mass is 9.95. The largest absolute Gasteiger partial charge is 0.343 e. The molecule has 1 atom stereocenters. The maximum absolute atomic E-state index is 11.1. The molecule has 1 unspecified atom stereocenters. The molecule has 0 aromatic carbocycles. The second-order valence-electron chi connectivity index (χ2n) is 6.55. The molecule has 1 aliphatic heterocycles. The van der Waals surface area contributed by atoms with Crippen LogP contribution in [0.5, 0.6) is 0 Å². The molecule has 0 spiro atoms. The molecule has 6 nitrogen and oxygen atoms in total. The van der Waals surface area contributed by atoms with Gasteiger partial charge in [0.05, 0.1) is 0 Å². The zero-order valence-electron chi connectivity index (χ0n) is 14.2. The van der Waals surface area contributed by atoms with Gasteiger partial charge in [0.15, 0.2) is 5.13 Å². The lowest BCUT2D eigenvalue weighted by molar-refractivity contribution is -0.114. The summed E-state index contributed by atoms with van der Waals surface area (Å²) in [5, 5.41) is 4.61. The number of aromatic amines is 1. The van der Waals surface area contributed by atoms with Crippen molar-refractivity contribution in [2.24, 2.45) is 0 Å². The smallest absolute Gasteiger partial charge is 0.223 e. The number of carbonyl (C=O) groups is 1. The van der Waals surface area contributed by atoms with Gasteiger partial charge in [-0.05, 0) is 37.6 Å². The Kier molecular flexibility index (Phi) is 4.50. The summed E-state index contributed by atoms with van der Waals surface area (Å²) in [4.78, 5) is 26.9. The van der Waals surface area contributed by atoms with Crippen LogP contribution in [0.2, 0.25) is 0 Å². The predicted molar refractivity (Wildman–Crippen MR) is 99.8 cm³/mol. The second kappa shape index (κ2) is 6.93. The normalized spacial score (nSPS) is 18.5. The third-order valence-electron chi connectivity index (χ3n) is 4.57. The van der Waals surface area contributed by atoms with E-state index >= 15 is 0 Å². The number of hydrogen-bond acceptors (Lipinski definition) is 5. The molecule has 1 amide bonds. The average molecular weight is 355 g/mol. The minimum atomic E-state index is -0.0774. The van der Waals surface area contributed by atoms with Crippen molar-refractivity contribution in [2.45, 2.75) is 32.2 Å². The molecule has 1 fully saturated rings.